The van der Waals surface area contributed by atoms with Gasteiger partial charge in [-0.3, -0.25) is 9.36 Å². The first-order chi connectivity index (χ1) is 17.2. The van der Waals surface area contributed by atoms with Crippen LogP contribution in [-0.2, 0) is 4.79 Å². The van der Waals surface area contributed by atoms with Gasteiger partial charge < -0.3 is 19.5 Å². The van der Waals surface area contributed by atoms with Crippen LogP contribution in [0.1, 0.15) is 38.1 Å². The van der Waals surface area contributed by atoms with Gasteiger partial charge in [0.05, 0.1) is 26.5 Å². The SMILES string of the molecule is COc1ccc(-c2nnc(SCC(=O)NCCOc3ccccc3OC)n2C2CCCCC2)cc1. The van der Waals surface area contributed by atoms with Crippen LogP contribution in [0.15, 0.2) is 53.7 Å². The maximum absolute atomic E-state index is 12.5. The largest absolute Gasteiger partial charge is 0.497 e. The number of hydrogen-bond donors (Lipinski definition) is 1. The lowest BCUT2D eigenvalue weighted by atomic mass is 9.95. The molecule has 0 spiro atoms. The second kappa shape index (κ2) is 12.5. The highest BCUT2D eigenvalue weighted by Crippen LogP contribution is 2.36. The minimum atomic E-state index is -0.0668. The number of thioether (sulfide) groups is 1. The van der Waals surface area contributed by atoms with Gasteiger partial charge in [0, 0.05) is 11.6 Å². The lowest BCUT2D eigenvalue weighted by Crippen LogP contribution is -2.29. The average molecular weight is 497 g/mol. The molecule has 8 nitrogen and oxygen atoms in total. The molecule has 1 heterocycles. The molecule has 2 aromatic carbocycles. The summed E-state index contributed by atoms with van der Waals surface area (Å²) in [4.78, 5) is 12.5. The van der Waals surface area contributed by atoms with Crippen LogP contribution in [0.3, 0.4) is 0 Å². The van der Waals surface area contributed by atoms with Gasteiger partial charge in [-0.15, -0.1) is 10.2 Å². The molecule has 0 radical (unpaired) electrons. The average Bonchev–Trinajstić information content (AvgIpc) is 3.34. The van der Waals surface area contributed by atoms with Gasteiger partial charge in [-0.1, -0.05) is 43.2 Å². The number of amides is 1. The summed E-state index contributed by atoms with van der Waals surface area (Å²) in [6.45, 7) is 0.764. The zero-order valence-electron chi connectivity index (χ0n) is 20.2. The molecular formula is C26H32N4O4S. The quantitative estimate of drug-likeness (QED) is 0.303. The van der Waals surface area contributed by atoms with E-state index in [2.05, 4.69) is 20.1 Å². The molecule has 3 aromatic rings. The normalized spacial score (nSPS) is 13.9. The standard InChI is InChI=1S/C26H32N4O4S/c1-32-21-14-12-19(13-15-21)25-28-29-26(30(25)20-8-4-3-5-9-20)35-18-24(31)27-16-17-34-23-11-7-6-10-22(23)33-2/h6-7,10-15,20H,3-5,8-9,16-18H2,1-2H3,(H,27,31). The van der Waals surface area contributed by atoms with Gasteiger partial charge in [-0.05, 0) is 49.2 Å². The highest BCUT2D eigenvalue weighted by molar-refractivity contribution is 7.99. The first kappa shape index (κ1) is 24.9. The van der Waals surface area contributed by atoms with Crippen LogP contribution in [0.2, 0.25) is 0 Å². The van der Waals surface area contributed by atoms with Crippen molar-refractivity contribution < 1.29 is 19.0 Å². The Morgan fingerprint density at radius 2 is 1.74 bits per heavy atom. The predicted molar refractivity (Wildman–Crippen MR) is 136 cm³/mol. The topological polar surface area (TPSA) is 87.5 Å². The van der Waals surface area contributed by atoms with Gasteiger partial charge >= 0.3 is 0 Å². The maximum Gasteiger partial charge on any atom is 0.230 e. The summed E-state index contributed by atoms with van der Waals surface area (Å²) in [6, 6.07) is 15.7. The molecule has 0 bridgehead atoms. The summed E-state index contributed by atoms with van der Waals surface area (Å²) >= 11 is 1.42. The number of aromatic nitrogens is 3. The highest BCUT2D eigenvalue weighted by Gasteiger charge is 2.24. The van der Waals surface area contributed by atoms with E-state index in [1.54, 1.807) is 14.2 Å². The van der Waals surface area contributed by atoms with Crippen molar-refractivity contribution in [2.75, 3.05) is 33.1 Å². The smallest absolute Gasteiger partial charge is 0.230 e. The number of carbonyl (C=O) groups is 1. The lowest BCUT2D eigenvalue weighted by molar-refractivity contribution is -0.118. The van der Waals surface area contributed by atoms with Crippen molar-refractivity contribution in [3.8, 4) is 28.6 Å². The number of nitrogens with one attached hydrogen (secondary N) is 1. The Labute approximate surface area is 210 Å². The molecule has 0 atom stereocenters. The molecule has 1 aliphatic rings. The van der Waals surface area contributed by atoms with Crippen LogP contribution >= 0.6 is 11.8 Å². The van der Waals surface area contributed by atoms with Crippen LogP contribution in [0.5, 0.6) is 17.2 Å². The third-order valence-corrected chi connectivity index (χ3v) is 6.98. The van der Waals surface area contributed by atoms with Crippen molar-refractivity contribution in [3.05, 3.63) is 48.5 Å². The summed E-state index contributed by atoms with van der Waals surface area (Å²) in [5, 5.41) is 12.7. The van der Waals surface area contributed by atoms with E-state index in [0.717, 1.165) is 35.1 Å². The monoisotopic (exact) mass is 496 g/mol. The Hall–Kier alpha value is -3.20. The van der Waals surface area contributed by atoms with E-state index in [4.69, 9.17) is 14.2 Å². The first-order valence-corrected chi connectivity index (χ1v) is 12.9. The number of hydrogen-bond acceptors (Lipinski definition) is 7. The van der Waals surface area contributed by atoms with Crippen molar-refractivity contribution in [1.29, 1.82) is 0 Å². The molecule has 0 saturated heterocycles. The predicted octanol–water partition coefficient (Wildman–Crippen LogP) is 4.75. The van der Waals surface area contributed by atoms with Crippen molar-refractivity contribution in [3.63, 3.8) is 0 Å². The Morgan fingerprint density at radius 3 is 2.46 bits per heavy atom. The van der Waals surface area contributed by atoms with E-state index in [0.29, 0.717) is 30.7 Å². The zero-order valence-corrected chi connectivity index (χ0v) is 21.1. The Morgan fingerprint density at radius 1 is 1.00 bits per heavy atom. The molecule has 1 fully saturated rings. The Bertz CT molecular complexity index is 1100. The molecule has 35 heavy (non-hydrogen) atoms. The number of ether oxygens (including phenoxy) is 3. The fraction of sp³-hybridized carbons (Fsp3) is 0.423. The molecule has 1 aromatic heterocycles. The van der Waals surface area contributed by atoms with Gasteiger partial charge in [0.1, 0.15) is 12.4 Å². The van der Waals surface area contributed by atoms with Crippen LogP contribution in [0.25, 0.3) is 11.4 Å². The molecule has 4 rings (SSSR count). The molecule has 1 saturated carbocycles. The summed E-state index contributed by atoms with van der Waals surface area (Å²) in [7, 11) is 3.26. The summed E-state index contributed by atoms with van der Waals surface area (Å²) in [5.41, 5.74) is 0.994. The van der Waals surface area contributed by atoms with E-state index in [1.165, 1.54) is 31.0 Å². The van der Waals surface area contributed by atoms with Crippen LogP contribution in [-0.4, -0.2) is 53.8 Å². The van der Waals surface area contributed by atoms with E-state index in [-0.39, 0.29) is 11.7 Å². The van der Waals surface area contributed by atoms with Crippen LogP contribution in [0, 0.1) is 0 Å². The van der Waals surface area contributed by atoms with Crippen LogP contribution < -0.4 is 19.5 Å². The van der Waals surface area contributed by atoms with E-state index >= 15 is 0 Å². The zero-order chi connectivity index (χ0) is 24.5. The summed E-state index contributed by atoms with van der Waals surface area (Å²) in [6.07, 6.45) is 5.85. The molecular weight excluding hydrogens is 464 g/mol. The number of para-hydroxylation sites is 2. The van der Waals surface area contributed by atoms with Crippen molar-refractivity contribution in [1.82, 2.24) is 20.1 Å². The third kappa shape index (κ3) is 6.48. The van der Waals surface area contributed by atoms with Gasteiger partial charge in [0.25, 0.3) is 0 Å². The van der Waals surface area contributed by atoms with E-state index < -0.39 is 0 Å². The lowest BCUT2D eigenvalue weighted by Gasteiger charge is -2.25. The molecule has 1 N–H and O–H groups in total. The van der Waals surface area contributed by atoms with E-state index in [9.17, 15) is 4.79 Å². The minimum Gasteiger partial charge on any atom is -0.497 e. The Balaban J connectivity index is 1.36. The summed E-state index contributed by atoms with van der Waals surface area (Å²) < 4.78 is 18.5. The van der Waals surface area contributed by atoms with Gasteiger partial charge in [0.2, 0.25) is 5.91 Å². The second-order valence-corrected chi connectivity index (χ2v) is 9.28. The maximum atomic E-state index is 12.5. The van der Waals surface area contributed by atoms with Crippen molar-refractivity contribution in [2.24, 2.45) is 0 Å². The second-order valence-electron chi connectivity index (χ2n) is 8.33. The fourth-order valence-corrected chi connectivity index (χ4v) is 5.09. The summed E-state index contributed by atoms with van der Waals surface area (Å²) in [5.74, 6) is 3.17. The molecule has 186 valence electrons. The van der Waals surface area contributed by atoms with Gasteiger partial charge in [-0.2, -0.15) is 0 Å². The molecule has 1 amide bonds. The van der Waals surface area contributed by atoms with Crippen LogP contribution in [0.4, 0.5) is 0 Å². The van der Waals surface area contributed by atoms with Gasteiger partial charge in [-0.25, -0.2) is 0 Å². The minimum absolute atomic E-state index is 0.0668. The molecule has 0 aliphatic heterocycles. The molecule has 9 heteroatoms. The number of nitrogens with zero attached hydrogens (tertiary/aromatic N) is 3. The number of carbonyl (C=O) groups excluding carboxylic acids is 1. The van der Waals surface area contributed by atoms with E-state index in [1.807, 2.05) is 48.5 Å². The molecule has 0 unspecified atom stereocenters. The Kier molecular flexibility index (Phi) is 8.89. The van der Waals surface area contributed by atoms with Crippen molar-refractivity contribution >= 4 is 17.7 Å². The number of benzene rings is 2. The van der Waals surface area contributed by atoms with Gasteiger partial charge in [0.15, 0.2) is 22.5 Å². The third-order valence-electron chi connectivity index (χ3n) is 6.04. The van der Waals surface area contributed by atoms with Crippen molar-refractivity contribution in [2.45, 2.75) is 43.3 Å². The number of rotatable bonds is 11. The molecule has 1 aliphatic carbocycles. The number of methoxy groups -OCH3 is 2. The fourth-order valence-electron chi connectivity index (χ4n) is 4.25. The highest BCUT2D eigenvalue weighted by atomic mass is 32.2. The first-order valence-electron chi connectivity index (χ1n) is 11.9.